The minimum atomic E-state index is -3.67. The number of carbonyl (C=O) groups is 2. The van der Waals surface area contributed by atoms with Gasteiger partial charge in [-0.15, -0.1) is 0 Å². The molecule has 7 heteroatoms. The van der Waals surface area contributed by atoms with Crippen LogP contribution in [0.4, 0.5) is 0 Å². The Morgan fingerprint density at radius 3 is 2.23 bits per heavy atom. The third-order valence-corrected chi connectivity index (χ3v) is 7.42. The smallest absolute Gasteiger partial charge is 0.338 e. The number of ketones is 1. The number of ether oxygens (including phenoxy) is 1. The quantitative estimate of drug-likeness (QED) is 0.494. The molecule has 6 nitrogen and oxygen atoms in total. The van der Waals surface area contributed by atoms with Gasteiger partial charge in [-0.3, -0.25) is 4.79 Å². The molecule has 1 saturated heterocycles. The van der Waals surface area contributed by atoms with Crippen LogP contribution in [0.2, 0.25) is 0 Å². The van der Waals surface area contributed by atoms with Crippen LogP contribution in [0.25, 0.3) is 0 Å². The van der Waals surface area contributed by atoms with E-state index in [1.165, 1.54) is 16.4 Å². The fraction of sp³-hybridized carbons (Fsp3) is 0.391. The first-order valence-electron chi connectivity index (χ1n) is 10.2. The predicted molar refractivity (Wildman–Crippen MR) is 114 cm³/mol. The van der Waals surface area contributed by atoms with Crippen molar-refractivity contribution in [1.82, 2.24) is 4.31 Å². The van der Waals surface area contributed by atoms with Crippen LogP contribution < -0.4 is 0 Å². The zero-order valence-corrected chi connectivity index (χ0v) is 18.2. The molecule has 2 aromatic rings. The van der Waals surface area contributed by atoms with Crippen molar-refractivity contribution in [3.63, 3.8) is 0 Å². The summed E-state index contributed by atoms with van der Waals surface area (Å²) in [7, 11) is -3.67. The lowest BCUT2D eigenvalue weighted by atomic mass is 10.1. The molecule has 0 radical (unpaired) electrons. The van der Waals surface area contributed by atoms with Crippen LogP contribution in [-0.4, -0.2) is 44.2 Å². The third-order valence-electron chi connectivity index (χ3n) is 5.38. The van der Waals surface area contributed by atoms with E-state index < -0.39 is 22.6 Å². The van der Waals surface area contributed by atoms with E-state index in [0.717, 1.165) is 31.2 Å². The molecule has 3 rings (SSSR count). The normalized spacial score (nSPS) is 15.0. The Morgan fingerprint density at radius 2 is 1.60 bits per heavy atom. The summed E-state index contributed by atoms with van der Waals surface area (Å²) < 4.78 is 32.6. The number of aryl methyl sites for hydroxylation is 2. The fourth-order valence-corrected chi connectivity index (χ4v) is 5.24. The molecule has 1 fully saturated rings. The summed E-state index contributed by atoms with van der Waals surface area (Å²) in [5.41, 5.74) is 2.28. The standard InChI is InChI=1S/C23H27NO5S/c1-3-18-8-11-19(12-9-18)21(25)16-29-23(26)20-10-7-17(2)22(15-20)30(27,28)24-13-5-4-6-14-24/h7-12,15H,3-6,13-14,16H2,1-2H3. The van der Waals surface area contributed by atoms with Crippen LogP contribution in [-0.2, 0) is 21.2 Å². The second kappa shape index (κ2) is 9.53. The van der Waals surface area contributed by atoms with Gasteiger partial charge in [0.15, 0.2) is 12.4 Å². The average Bonchev–Trinajstić information content (AvgIpc) is 2.78. The van der Waals surface area contributed by atoms with Crippen molar-refractivity contribution < 1.29 is 22.7 Å². The summed E-state index contributed by atoms with van der Waals surface area (Å²) in [5.74, 6) is -1.03. The van der Waals surface area contributed by atoms with Crippen molar-refractivity contribution >= 4 is 21.8 Å². The van der Waals surface area contributed by atoms with Gasteiger partial charge in [-0.05, 0) is 49.4 Å². The monoisotopic (exact) mass is 429 g/mol. The summed E-state index contributed by atoms with van der Waals surface area (Å²) in [4.78, 5) is 24.9. The molecule has 0 saturated carbocycles. The molecule has 160 valence electrons. The molecular formula is C23H27NO5S. The van der Waals surface area contributed by atoms with Crippen LogP contribution in [0.5, 0.6) is 0 Å². The van der Waals surface area contributed by atoms with Gasteiger partial charge in [0.2, 0.25) is 10.0 Å². The molecule has 0 unspecified atom stereocenters. The van der Waals surface area contributed by atoms with Gasteiger partial charge >= 0.3 is 5.97 Å². The molecule has 1 aliphatic heterocycles. The van der Waals surface area contributed by atoms with Crippen LogP contribution in [0.3, 0.4) is 0 Å². The van der Waals surface area contributed by atoms with Crippen LogP contribution >= 0.6 is 0 Å². The molecule has 1 heterocycles. The SMILES string of the molecule is CCc1ccc(C(=O)COC(=O)c2ccc(C)c(S(=O)(=O)N3CCCCC3)c2)cc1. The Bertz CT molecular complexity index is 1020. The van der Waals surface area contributed by atoms with E-state index in [4.69, 9.17) is 4.74 Å². The van der Waals surface area contributed by atoms with Crippen molar-refractivity contribution in [2.24, 2.45) is 0 Å². The highest BCUT2D eigenvalue weighted by Crippen LogP contribution is 2.24. The molecule has 0 aliphatic carbocycles. The predicted octanol–water partition coefficient (Wildman–Crippen LogP) is 3.77. The second-order valence-corrected chi connectivity index (χ2v) is 9.40. The number of nitrogens with zero attached hydrogens (tertiary/aromatic N) is 1. The Hall–Kier alpha value is -2.51. The zero-order valence-electron chi connectivity index (χ0n) is 17.4. The lowest BCUT2D eigenvalue weighted by Gasteiger charge is -2.26. The summed E-state index contributed by atoms with van der Waals surface area (Å²) in [6.45, 7) is 4.31. The summed E-state index contributed by atoms with van der Waals surface area (Å²) in [5, 5.41) is 0. The van der Waals surface area contributed by atoms with Gasteiger partial charge in [0, 0.05) is 18.7 Å². The topological polar surface area (TPSA) is 80.8 Å². The average molecular weight is 430 g/mol. The van der Waals surface area contributed by atoms with Gasteiger partial charge in [-0.2, -0.15) is 4.31 Å². The lowest BCUT2D eigenvalue weighted by molar-refractivity contribution is 0.0474. The molecule has 0 atom stereocenters. The minimum absolute atomic E-state index is 0.111. The molecular weight excluding hydrogens is 402 g/mol. The van der Waals surface area contributed by atoms with E-state index in [1.54, 1.807) is 25.1 Å². The van der Waals surface area contributed by atoms with Gasteiger partial charge in [0.25, 0.3) is 0 Å². The van der Waals surface area contributed by atoms with Crippen molar-refractivity contribution in [2.75, 3.05) is 19.7 Å². The van der Waals surface area contributed by atoms with Gasteiger partial charge in [-0.1, -0.05) is 43.7 Å². The van der Waals surface area contributed by atoms with E-state index in [1.807, 2.05) is 19.1 Å². The van der Waals surface area contributed by atoms with Crippen molar-refractivity contribution in [3.05, 3.63) is 64.7 Å². The zero-order chi connectivity index (χ0) is 21.7. The molecule has 1 aliphatic rings. The number of hydrogen-bond acceptors (Lipinski definition) is 5. The van der Waals surface area contributed by atoms with Crippen molar-refractivity contribution in [1.29, 1.82) is 0 Å². The first-order valence-corrected chi connectivity index (χ1v) is 11.7. The highest BCUT2D eigenvalue weighted by molar-refractivity contribution is 7.89. The lowest BCUT2D eigenvalue weighted by Crippen LogP contribution is -2.36. The van der Waals surface area contributed by atoms with Gasteiger partial charge in [0.1, 0.15) is 0 Å². The number of benzene rings is 2. The van der Waals surface area contributed by atoms with Crippen molar-refractivity contribution in [2.45, 2.75) is 44.4 Å². The summed E-state index contributed by atoms with van der Waals surface area (Å²) in [6.07, 6.45) is 3.56. The highest BCUT2D eigenvalue weighted by Gasteiger charge is 2.28. The van der Waals surface area contributed by atoms with Crippen LogP contribution in [0, 0.1) is 6.92 Å². The van der Waals surface area contributed by atoms with E-state index in [9.17, 15) is 18.0 Å². The Labute approximate surface area is 177 Å². The Kier molecular flexibility index (Phi) is 7.05. The number of hydrogen-bond donors (Lipinski definition) is 0. The molecule has 0 N–H and O–H groups in total. The molecule has 0 spiro atoms. The van der Waals surface area contributed by atoms with Crippen LogP contribution in [0.1, 0.15) is 58.0 Å². The first-order chi connectivity index (χ1) is 14.3. The van der Waals surface area contributed by atoms with Gasteiger partial charge < -0.3 is 4.74 Å². The third kappa shape index (κ3) is 4.96. The second-order valence-electron chi connectivity index (χ2n) is 7.49. The van der Waals surface area contributed by atoms with Crippen LogP contribution in [0.15, 0.2) is 47.4 Å². The minimum Gasteiger partial charge on any atom is -0.454 e. The molecule has 2 aromatic carbocycles. The Balaban J connectivity index is 1.71. The number of rotatable bonds is 7. The highest BCUT2D eigenvalue weighted by atomic mass is 32.2. The summed E-state index contributed by atoms with van der Waals surface area (Å²) >= 11 is 0. The summed E-state index contributed by atoms with van der Waals surface area (Å²) in [6, 6.07) is 11.6. The Morgan fingerprint density at radius 1 is 0.967 bits per heavy atom. The van der Waals surface area contributed by atoms with Gasteiger partial charge in [-0.25, -0.2) is 13.2 Å². The number of carbonyl (C=O) groups excluding carboxylic acids is 2. The molecule has 0 bridgehead atoms. The molecule has 30 heavy (non-hydrogen) atoms. The maximum Gasteiger partial charge on any atom is 0.338 e. The number of piperidine rings is 1. The maximum atomic E-state index is 13.0. The van der Waals surface area contributed by atoms with Gasteiger partial charge in [0.05, 0.1) is 10.5 Å². The van der Waals surface area contributed by atoms with Crippen molar-refractivity contribution in [3.8, 4) is 0 Å². The van der Waals surface area contributed by atoms with E-state index in [2.05, 4.69) is 0 Å². The van der Waals surface area contributed by atoms with E-state index >= 15 is 0 Å². The maximum absolute atomic E-state index is 13.0. The first kappa shape index (κ1) is 22.2. The molecule has 0 aromatic heterocycles. The van der Waals surface area contributed by atoms with E-state index in [-0.39, 0.29) is 16.2 Å². The molecule has 0 amide bonds. The number of Topliss-reactive ketones (excluding diaryl/α,β-unsaturated/α-hetero) is 1. The number of sulfonamides is 1. The number of esters is 1. The largest absolute Gasteiger partial charge is 0.454 e. The van der Waals surface area contributed by atoms with E-state index in [0.29, 0.717) is 24.2 Å². The fourth-order valence-electron chi connectivity index (χ4n) is 3.47.